The summed E-state index contributed by atoms with van der Waals surface area (Å²) in [4.78, 5) is 2.91. The molecule has 0 bridgehead atoms. The van der Waals surface area contributed by atoms with Gasteiger partial charge in [0.2, 0.25) is 0 Å². The second kappa shape index (κ2) is 5.51. The molecule has 98 valence electrons. The number of nitrogens with one attached hydrogen (secondary N) is 1. The van der Waals surface area contributed by atoms with E-state index < -0.39 is 11.6 Å². The Morgan fingerprint density at radius 2 is 2.00 bits per heavy atom. The summed E-state index contributed by atoms with van der Waals surface area (Å²) in [6.45, 7) is 4.28. The lowest BCUT2D eigenvalue weighted by Crippen LogP contribution is -1.93. The summed E-state index contributed by atoms with van der Waals surface area (Å²) in [6.07, 6.45) is 6.41. The van der Waals surface area contributed by atoms with Crippen LogP contribution in [0.5, 0.6) is 0 Å². The first-order valence-electron chi connectivity index (χ1n) is 6.59. The SMILES string of the molecule is CCCCCC(C)c1c[nH]c2c(F)cc(F)cc12. The summed E-state index contributed by atoms with van der Waals surface area (Å²) in [6, 6.07) is 2.34. The molecule has 0 fully saturated rings. The van der Waals surface area contributed by atoms with Gasteiger partial charge < -0.3 is 4.98 Å². The van der Waals surface area contributed by atoms with Crippen molar-refractivity contribution in [2.24, 2.45) is 0 Å². The molecule has 1 unspecified atom stereocenters. The molecule has 0 amide bonds. The van der Waals surface area contributed by atoms with E-state index in [0.717, 1.165) is 24.5 Å². The molecule has 1 atom stereocenters. The van der Waals surface area contributed by atoms with E-state index in [-0.39, 0.29) is 0 Å². The molecule has 2 rings (SSSR count). The van der Waals surface area contributed by atoms with E-state index in [9.17, 15) is 8.78 Å². The predicted molar refractivity (Wildman–Crippen MR) is 70.8 cm³/mol. The Labute approximate surface area is 106 Å². The van der Waals surface area contributed by atoms with Crippen molar-refractivity contribution < 1.29 is 8.78 Å². The molecule has 1 heterocycles. The maximum atomic E-state index is 13.6. The van der Waals surface area contributed by atoms with Crippen molar-refractivity contribution >= 4 is 10.9 Å². The van der Waals surface area contributed by atoms with E-state index in [1.165, 1.54) is 18.9 Å². The van der Waals surface area contributed by atoms with E-state index >= 15 is 0 Å². The zero-order valence-electron chi connectivity index (χ0n) is 10.9. The van der Waals surface area contributed by atoms with Crippen LogP contribution in [0.25, 0.3) is 10.9 Å². The molecule has 0 aliphatic carbocycles. The van der Waals surface area contributed by atoms with Gasteiger partial charge >= 0.3 is 0 Å². The molecule has 2 aromatic rings. The first kappa shape index (κ1) is 13.1. The number of rotatable bonds is 5. The fraction of sp³-hybridized carbons (Fsp3) is 0.467. The van der Waals surface area contributed by atoms with Gasteiger partial charge in [-0.15, -0.1) is 0 Å². The highest BCUT2D eigenvalue weighted by Gasteiger charge is 2.14. The Balaban J connectivity index is 2.28. The smallest absolute Gasteiger partial charge is 0.150 e. The highest BCUT2D eigenvalue weighted by molar-refractivity contribution is 5.84. The fourth-order valence-electron chi connectivity index (χ4n) is 2.44. The van der Waals surface area contributed by atoms with Crippen LogP contribution in [-0.4, -0.2) is 4.98 Å². The molecular weight excluding hydrogens is 232 g/mol. The molecule has 1 N–H and O–H groups in total. The zero-order valence-corrected chi connectivity index (χ0v) is 10.9. The first-order valence-corrected chi connectivity index (χ1v) is 6.59. The summed E-state index contributed by atoms with van der Waals surface area (Å²) in [7, 11) is 0. The molecule has 0 aliphatic rings. The van der Waals surface area contributed by atoms with Crippen LogP contribution in [0.15, 0.2) is 18.3 Å². The number of hydrogen-bond acceptors (Lipinski definition) is 0. The number of H-pyrrole nitrogens is 1. The van der Waals surface area contributed by atoms with E-state index in [0.29, 0.717) is 16.8 Å². The van der Waals surface area contributed by atoms with Crippen LogP contribution < -0.4 is 0 Å². The molecule has 1 nitrogen and oxygen atoms in total. The van der Waals surface area contributed by atoms with Crippen LogP contribution in [0.2, 0.25) is 0 Å². The summed E-state index contributed by atoms with van der Waals surface area (Å²) in [5.74, 6) is -0.704. The number of aromatic nitrogens is 1. The average Bonchev–Trinajstić information content (AvgIpc) is 2.73. The molecule has 0 spiro atoms. The zero-order chi connectivity index (χ0) is 13.1. The first-order chi connectivity index (χ1) is 8.63. The van der Waals surface area contributed by atoms with Crippen molar-refractivity contribution in [3.8, 4) is 0 Å². The number of hydrogen-bond donors (Lipinski definition) is 1. The van der Waals surface area contributed by atoms with Crippen molar-refractivity contribution in [3.63, 3.8) is 0 Å². The van der Waals surface area contributed by atoms with Gasteiger partial charge in [-0.05, 0) is 24.0 Å². The highest BCUT2D eigenvalue weighted by atomic mass is 19.1. The molecular formula is C15H19F2N. The minimum absolute atomic E-state index is 0.325. The Bertz CT molecular complexity index is 531. The van der Waals surface area contributed by atoms with Gasteiger partial charge in [-0.2, -0.15) is 0 Å². The lowest BCUT2D eigenvalue weighted by Gasteiger charge is -2.10. The van der Waals surface area contributed by atoms with Gasteiger partial charge in [-0.25, -0.2) is 8.78 Å². The quantitative estimate of drug-likeness (QED) is 0.709. The Morgan fingerprint density at radius 3 is 2.72 bits per heavy atom. The van der Waals surface area contributed by atoms with Gasteiger partial charge in [0.1, 0.15) is 11.6 Å². The van der Waals surface area contributed by atoms with Gasteiger partial charge in [0.15, 0.2) is 0 Å². The second-order valence-electron chi connectivity index (χ2n) is 4.95. The van der Waals surface area contributed by atoms with Crippen molar-refractivity contribution in [2.75, 3.05) is 0 Å². The Morgan fingerprint density at radius 1 is 1.22 bits per heavy atom. The van der Waals surface area contributed by atoms with Gasteiger partial charge in [-0.1, -0.05) is 33.1 Å². The van der Waals surface area contributed by atoms with E-state index in [4.69, 9.17) is 0 Å². The van der Waals surface area contributed by atoms with Gasteiger partial charge in [0.05, 0.1) is 5.52 Å². The van der Waals surface area contributed by atoms with Crippen molar-refractivity contribution in [1.82, 2.24) is 4.98 Å². The molecule has 1 aromatic carbocycles. The summed E-state index contributed by atoms with van der Waals surface area (Å²) >= 11 is 0. The highest BCUT2D eigenvalue weighted by Crippen LogP contribution is 2.30. The van der Waals surface area contributed by atoms with Crippen LogP contribution >= 0.6 is 0 Å². The molecule has 3 heteroatoms. The van der Waals surface area contributed by atoms with Gasteiger partial charge in [-0.3, -0.25) is 0 Å². The van der Waals surface area contributed by atoms with Crippen LogP contribution in [0.3, 0.4) is 0 Å². The van der Waals surface area contributed by atoms with E-state index in [2.05, 4.69) is 18.8 Å². The minimum atomic E-state index is -0.517. The fourth-order valence-corrected chi connectivity index (χ4v) is 2.44. The molecule has 0 aliphatic heterocycles. The third-order valence-electron chi connectivity index (χ3n) is 3.51. The normalized spacial score (nSPS) is 13.1. The van der Waals surface area contributed by atoms with E-state index in [1.54, 1.807) is 0 Å². The summed E-state index contributed by atoms with van der Waals surface area (Å²) in [5, 5.41) is 0.677. The molecule has 0 saturated heterocycles. The van der Waals surface area contributed by atoms with Crippen molar-refractivity contribution in [3.05, 3.63) is 35.5 Å². The van der Waals surface area contributed by atoms with E-state index in [1.807, 2.05) is 6.20 Å². The van der Waals surface area contributed by atoms with Gasteiger partial charge in [0, 0.05) is 17.6 Å². The van der Waals surface area contributed by atoms with Crippen molar-refractivity contribution in [1.29, 1.82) is 0 Å². The maximum absolute atomic E-state index is 13.6. The standard InChI is InChI=1S/C15H19F2N/c1-3-4-5-6-10(2)13-9-18-15-12(13)7-11(16)8-14(15)17/h7-10,18H,3-6H2,1-2H3. The lowest BCUT2D eigenvalue weighted by atomic mass is 9.94. The Hall–Kier alpha value is -1.38. The third-order valence-corrected chi connectivity index (χ3v) is 3.51. The predicted octanol–water partition coefficient (Wildman–Crippen LogP) is 5.13. The monoisotopic (exact) mass is 251 g/mol. The topological polar surface area (TPSA) is 15.8 Å². The maximum Gasteiger partial charge on any atom is 0.150 e. The Kier molecular flexibility index (Phi) is 4.00. The number of fused-ring (bicyclic) bond motifs is 1. The third kappa shape index (κ3) is 2.55. The molecule has 1 aromatic heterocycles. The summed E-state index contributed by atoms with van der Waals surface area (Å²) in [5.41, 5.74) is 1.42. The number of aromatic amines is 1. The number of halogens is 2. The number of unbranched alkanes of at least 4 members (excludes halogenated alkanes) is 2. The van der Waals surface area contributed by atoms with Crippen LogP contribution in [0.4, 0.5) is 8.78 Å². The second-order valence-corrected chi connectivity index (χ2v) is 4.95. The van der Waals surface area contributed by atoms with Crippen molar-refractivity contribution in [2.45, 2.75) is 45.4 Å². The molecule has 0 saturated carbocycles. The molecule has 18 heavy (non-hydrogen) atoms. The largest absolute Gasteiger partial charge is 0.359 e. The van der Waals surface area contributed by atoms with Crippen LogP contribution in [0, 0.1) is 11.6 Å². The molecule has 0 radical (unpaired) electrons. The minimum Gasteiger partial charge on any atom is -0.359 e. The van der Waals surface area contributed by atoms with Crippen LogP contribution in [-0.2, 0) is 0 Å². The van der Waals surface area contributed by atoms with Gasteiger partial charge in [0.25, 0.3) is 0 Å². The average molecular weight is 251 g/mol. The number of benzene rings is 1. The lowest BCUT2D eigenvalue weighted by molar-refractivity contribution is 0.589. The van der Waals surface area contributed by atoms with Crippen LogP contribution in [0.1, 0.15) is 51.0 Å². The summed E-state index contributed by atoms with van der Waals surface area (Å²) < 4.78 is 26.8.